The highest BCUT2D eigenvalue weighted by Crippen LogP contribution is 2.68. The van der Waals surface area contributed by atoms with Gasteiger partial charge in [0, 0.05) is 0 Å². The van der Waals surface area contributed by atoms with Crippen LogP contribution >= 0.6 is 10.3 Å². The molecule has 0 radical (unpaired) electrons. The van der Waals surface area contributed by atoms with E-state index in [1.807, 2.05) is 20.8 Å². The second-order valence-corrected chi connectivity index (χ2v) is 13.9. The van der Waals surface area contributed by atoms with Crippen LogP contribution in [0.5, 0.6) is 5.75 Å². The third-order valence-electron chi connectivity index (χ3n) is 5.39. The fraction of sp³-hybridized carbons (Fsp3) is 0.143. The van der Waals surface area contributed by atoms with Crippen molar-refractivity contribution in [1.82, 2.24) is 0 Å². The van der Waals surface area contributed by atoms with Gasteiger partial charge in [-0.2, -0.15) is 0 Å². The second-order valence-electron chi connectivity index (χ2n) is 9.34. The summed E-state index contributed by atoms with van der Waals surface area (Å²) in [5, 5.41) is 0. The van der Waals surface area contributed by atoms with Crippen molar-refractivity contribution in [1.29, 1.82) is 0 Å². The molecule has 4 nitrogen and oxygen atoms in total. The first-order valence-corrected chi connectivity index (χ1v) is 14.5. The first-order chi connectivity index (χ1) is 18.3. The molecule has 0 amide bonds. The van der Waals surface area contributed by atoms with E-state index >= 15 is 0 Å². The van der Waals surface area contributed by atoms with E-state index in [0.29, 0.717) is 20.4 Å². The summed E-state index contributed by atoms with van der Waals surface area (Å²) in [6.45, 7) is 5.53. The molecule has 0 bridgehead atoms. The average Bonchev–Trinajstić information content (AvgIpc) is 2.90. The van der Waals surface area contributed by atoms with E-state index in [9.17, 15) is 30.4 Å². The van der Waals surface area contributed by atoms with Gasteiger partial charge in [-0.05, 0) is 69.3 Å². The van der Waals surface area contributed by atoms with E-state index in [0.717, 1.165) is 0 Å². The van der Waals surface area contributed by atoms with Crippen LogP contribution < -0.4 is 4.74 Å². The Hall–Kier alpha value is -3.41. The summed E-state index contributed by atoms with van der Waals surface area (Å²) in [5.41, 5.74) is -0.538. The molecule has 0 heterocycles. The van der Waals surface area contributed by atoms with Crippen molar-refractivity contribution in [2.24, 2.45) is 0 Å². The Morgan fingerprint density at radius 2 is 0.974 bits per heavy atom. The largest absolute Gasteiger partial charge is 0.488 e. The Bertz CT molecular complexity index is 1520. The SMILES string of the molecule is CC(C)(C)Oc1ccc(S([OH+]S(=O)(=O)c2c(F)c(F)c(F)c(F)c2F)(c2ccccc2)c2ccccc2)cc1. The summed E-state index contributed by atoms with van der Waals surface area (Å²) in [5.74, 6) is -11.7. The van der Waals surface area contributed by atoms with E-state index < -0.39 is 60.0 Å². The molecular weight excluding hydrogens is 559 g/mol. The van der Waals surface area contributed by atoms with Crippen molar-refractivity contribution in [3.8, 4) is 5.75 Å². The molecule has 0 saturated carbocycles. The summed E-state index contributed by atoms with van der Waals surface area (Å²) in [4.78, 5) is -1.02. The van der Waals surface area contributed by atoms with Crippen LogP contribution in [-0.2, 0) is 10.1 Å². The lowest BCUT2D eigenvalue weighted by Crippen LogP contribution is -2.23. The van der Waals surface area contributed by atoms with Crippen LogP contribution in [0.4, 0.5) is 22.0 Å². The number of rotatable bonds is 7. The van der Waals surface area contributed by atoms with Gasteiger partial charge in [0.15, 0.2) is 23.3 Å². The van der Waals surface area contributed by atoms with Crippen LogP contribution in [0.2, 0.25) is 0 Å². The lowest BCUT2D eigenvalue weighted by Gasteiger charge is -2.35. The number of benzene rings is 4. The van der Waals surface area contributed by atoms with Gasteiger partial charge in [0.05, 0.1) is 25.0 Å². The maximum absolute atomic E-state index is 14.7. The van der Waals surface area contributed by atoms with Gasteiger partial charge < -0.3 is 4.74 Å². The van der Waals surface area contributed by atoms with Gasteiger partial charge in [0.1, 0.15) is 11.4 Å². The van der Waals surface area contributed by atoms with Gasteiger partial charge in [0.2, 0.25) is 10.7 Å². The van der Waals surface area contributed by atoms with Crippen LogP contribution in [0.1, 0.15) is 20.8 Å². The quantitative estimate of drug-likeness (QED) is 0.0724. The fourth-order valence-corrected chi connectivity index (χ4v) is 9.42. The normalized spacial score (nSPS) is 12.8. The Morgan fingerprint density at radius 3 is 1.38 bits per heavy atom. The molecular formula is C28H24F5O4S2+. The summed E-state index contributed by atoms with van der Waals surface area (Å²) in [6.07, 6.45) is 0. The van der Waals surface area contributed by atoms with Gasteiger partial charge in [-0.3, -0.25) is 3.63 Å². The molecule has 0 aliphatic heterocycles. The van der Waals surface area contributed by atoms with Crippen LogP contribution in [-0.4, -0.2) is 17.6 Å². The first-order valence-electron chi connectivity index (χ1n) is 11.5. The van der Waals surface area contributed by atoms with Gasteiger partial charge in [0.25, 0.3) is 0 Å². The molecule has 0 spiro atoms. The summed E-state index contributed by atoms with van der Waals surface area (Å²) < 4.78 is 108. The summed E-state index contributed by atoms with van der Waals surface area (Å²) in [6, 6.07) is 22.5. The van der Waals surface area contributed by atoms with Crippen LogP contribution in [0.3, 0.4) is 0 Å². The number of halogens is 5. The fourth-order valence-electron chi connectivity index (χ4n) is 3.83. The van der Waals surface area contributed by atoms with E-state index in [1.54, 1.807) is 84.9 Å². The van der Waals surface area contributed by atoms with Crippen LogP contribution in [0.25, 0.3) is 0 Å². The van der Waals surface area contributed by atoms with Crippen molar-refractivity contribution >= 4 is 20.4 Å². The molecule has 1 N–H and O–H groups in total. The van der Waals surface area contributed by atoms with Gasteiger partial charge in [-0.25, -0.2) is 22.0 Å². The molecule has 0 aliphatic carbocycles. The molecule has 11 heteroatoms. The Morgan fingerprint density at radius 1 is 0.590 bits per heavy atom. The molecule has 0 aromatic heterocycles. The molecule has 0 aliphatic rings. The zero-order valence-electron chi connectivity index (χ0n) is 21.0. The molecule has 206 valence electrons. The third-order valence-corrected chi connectivity index (χ3v) is 10.8. The van der Waals surface area contributed by atoms with Gasteiger partial charge >= 0.3 is 10.1 Å². The molecule has 0 atom stereocenters. The Balaban J connectivity index is 2.02. The van der Waals surface area contributed by atoms with Crippen molar-refractivity contribution in [3.05, 3.63) is 114 Å². The topological polar surface area (TPSA) is 56.2 Å². The minimum atomic E-state index is -5.49. The van der Waals surface area contributed by atoms with E-state index in [-0.39, 0.29) is 0 Å². The first kappa shape index (κ1) is 28.6. The monoisotopic (exact) mass is 583 g/mol. The molecule has 39 heavy (non-hydrogen) atoms. The minimum Gasteiger partial charge on any atom is -0.488 e. The standard InChI is InChI=1S/C28H23F5O4S2/c1-28(2,3)36-18-14-16-21(17-15-18)38(19-10-6-4-7-11-19,20-12-8-5-9-13-20)37-39(34,35)27-25(32)23(30)22(29)24(31)26(27)33/h4-17H,1-3H3/p+1. The van der Waals surface area contributed by atoms with Crippen LogP contribution in [0, 0.1) is 29.1 Å². The molecule has 0 fully saturated rings. The highest BCUT2D eigenvalue weighted by molar-refractivity contribution is 8.32. The van der Waals surface area contributed by atoms with Crippen LogP contribution in [0.15, 0.2) is 105 Å². The van der Waals surface area contributed by atoms with E-state index in [1.165, 1.54) is 0 Å². The predicted molar refractivity (Wildman–Crippen MR) is 138 cm³/mol. The number of hydrogen-bond donors (Lipinski definition) is 0. The van der Waals surface area contributed by atoms with E-state index in [4.69, 9.17) is 4.74 Å². The molecule has 0 unspecified atom stereocenters. The van der Waals surface area contributed by atoms with Gasteiger partial charge in [-0.15, -0.1) is 8.42 Å². The predicted octanol–water partition coefficient (Wildman–Crippen LogP) is 8.24. The zero-order valence-corrected chi connectivity index (χ0v) is 22.6. The number of hydrogen-bond acceptors (Lipinski definition) is 3. The third kappa shape index (κ3) is 5.52. The highest BCUT2D eigenvalue weighted by Gasteiger charge is 2.47. The second kappa shape index (κ2) is 10.6. The molecule has 4 aromatic rings. The molecule has 4 rings (SSSR count). The van der Waals surface area contributed by atoms with E-state index in [2.05, 4.69) is 3.63 Å². The Kier molecular flexibility index (Phi) is 7.79. The lowest BCUT2D eigenvalue weighted by atomic mass is 10.2. The molecule has 0 saturated heterocycles. The van der Waals surface area contributed by atoms with Crippen molar-refractivity contribution in [2.75, 3.05) is 0 Å². The number of ether oxygens (including phenoxy) is 1. The molecule has 4 aromatic carbocycles. The van der Waals surface area contributed by atoms with Crippen molar-refractivity contribution in [3.63, 3.8) is 0 Å². The zero-order chi connectivity index (χ0) is 28.6. The maximum atomic E-state index is 14.7. The lowest BCUT2D eigenvalue weighted by molar-refractivity contribution is 0.131. The van der Waals surface area contributed by atoms with Crippen molar-refractivity contribution < 1.29 is 38.7 Å². The summed E-state index contributed by atoms with van der Waals surface area (Å²) in [7, 11) is -8.75. The summed E-state index contributed by atoms with van der Waals surface area (Å²) >= 11 is 0. The van der Waals surface area contributed by atoms with Crippen molar-refractivity contribution in [2.45, 2.75) is 46.0 Å². The maximum Gasteiger partial charge on any atom is 0.428 e. The Labute approximate surface area is 224 Å². The minimum absolute atomic E-state index is 0.314. The smallest absolute Gasteiger partial charge is 0.428 e. The highest BCUT2D eigenvalue weighted by atomic mass is 32.3. The average molecular weight is 584 g/mol. The van der Waals surface area contributed by atoms with Gasteiger partial charge in [-0.1, -0.05) is 36.4 Å².